The van der Waals surface area contributed by atoms with Crippen molar-refractivity contribution in [2.45, 2.75) is 89.9 Å². The van der Waals surface area contributed by atoms with Crippen LogP contribution in [0.2, 0.25) is 0 Å². The lowest BCUT2D eigenvalue weighted by molar-refractivity contribution is -0.574. The zero-order valence-corrected chi connectivity index (χ0v) is 58.5. The first-order chi connectivity index (χ1) is 49.1. The maximum absolute atomic E-state index is 14.2. The molecule has 6 aliphatic rings. The second-order valence-corrected chi connectivity index (χ2v) is 25.3. The van der Waals surface area contributed by atoms with Gasteiger partial charge in [-0.05, 0) is 72.9 Å². The maximum atomic E-state index is 14.2. The fourth-order valence-electron chi connectivity index (χ4n) is 11.9. The third kappa shape index (κ3) is 23.0. The number of ether oxygens (including phenoxy) is 12. The molecule has 0 spiro atoms. The molecule has 5 aliphatic heterocycles. The smallest absolute Gasteiger partial charge is 0.264 e. The zero-order chi connectivity index (χ0) is 71.5. The second-order valence-electron chi connectivity index (χ2n) is 25.3. The quantitative estimate of drug-likeness (QED) is 0.0268. The van der Waals surface area contributed by atoms with Crippen LogP contribution in [0.1, 0.15) is 92.0 Å². The van der Waals surface area contributed by atoms with E-state index in [1.165, 1.54) is 30.6 Å². The van der Waals surface area contributed by atoms with Crippen LogP contribution in [0.3, 0.4) is 0 Å². The molecule has 101 heavy (non-hydrogen) atoms. The SMILES string of the molecule is COc1cc2c(cc1OCCCOc1cc3c(cc1OC)C(=O)N1C=C(c4ccc(NC(=O)C(C)NC(=O)C(NC(=O)CCOCCOCCOCCOCCOCCOCCOCCOCCNC(=O)CCN5C(=O)C=CC5=O)C(C)C)cc4)CC1C[NH2+]3)NCC1CC(C3CC3)=CN1C2=O. The van der Waals surface area contributed by atoms with Crippen molar-refractivity contribution in [1.82, 2.24) is 30.7 Å². The summed E-state index contributed by atoms with van der Waals surface area (Å²) in [6.45, 7) is 13.1. The van der Waals surface area contributed by atoms with Gasteiger partial charge in [0, 0.05) is 93.8 Å². The molecule has 0 saturated heterocycles. The number of methoxy groups -OCH3 is 2. The van der Waals surface area contributed by atoms with Gasteiger partial charge in [-0.2, -0.15) is 0 Å². The number of carbonyl (C=O) groups excluding carboxylic acids is 8. The minimum absolute atomic E-state index is 0.0207. The number of nitrogens with two attached hydrogens (primary N) is 1. The van der Waals surface area contributed by atoms with Crippen molar-refractivity contribution in [3.05, 3.63) is 95.3 Å². The fraction of sp³-hybridized carbons (Fsp3) is 0.556. The number of benzene rings is 3. The molecule has 4 atom stereocenters. The third-order valence-electron chi connectivity index (χ3n) is 17.6. The van der Waals surface area contributed by atoms with Gasteiger partial charge in [-0.1, -0.05) is 26.0 Å². The molecule has 7 N–H and O–H groups in total. The van der Waals surface area contributed by atoms with Gasteiger partial charge in [-0.25, -0.2) is 0 Å². The molecule has 5 heterocycles. The minimum atomic E-state index is -0.925. The highest BCUT2D eigenvalue weighted by Gasteiger charge is 2.40. The lowest BCUT2D eigenvalue weighted by Crippen LogP contribution is -2.80. The number of amides is 8. The van der Waals surface area contributed by atoms with Gasteiger partial charge in [-0.3, -0.25) is 43.3 Å². The highest BCUT2D eigenvalue weighted by Crippen LogP contribution is 2.45. The van der Waals surface area contributed by atoms with E-state index >= 15 is 0 Å². The molecule has 0 bridgehead atoms. The van der Waals surface area contributed by atoms with Gasteiger partial charge < -0.3 is 98.5 Å². The predicted octanol–water partition coefficient (Wildman–Crippen LogP) is 3.49. The fourth-order valence-corrected chi connectivity index (χ4v) is 11.9. The van der Waals surface area contributed by atoms with Gasteiger partial charge in [0.2, 0.25) is 23.6 Å². The number of carbonyl (C=O) groups is 8. The topological polar surface area (TPSA) is 334 Å². The van der Waals surface area contributed by atoms with Gasteiger partial charge in [0.25, 0.3) is 23.6 Å². The van der Waals surface area contributed by atoms with Crippen molar-refractivity contribution >= 4 is 69.9 Å². The highest BCUT2D eigenvalue weighted by molar-refractivity contribution is 6.13. The van der Waals surface area contributed by atoms with Crippen LogP contribution in [-0.2, 0) is 66.7 Å². The molecule has 0 aromatic heterocycles. The summed E-state index contributed by atoms with van der Waals surface area (Å²) in [5.41, 5.74) is 6.28. The van der Waals surface area contributed by atoms with Crippen molar-refractivity contribution < 1.29 is 101 Å². The van der Waals surface area contributed by atoms with Crippen molar-refractivity contribution in [2.75, 3.05) is 170 Å². The van der Waals surface area contributed by atoms with Gasteiger partial charge in [0.1, 0.15) is 29.9 Å². The number of fused-ring (bicyclic) bond motifs is 4. The number of imide groups is 1. The van der Waals surface area contributed by atoms with Crippen molar-refractivity contribution in [3.8, 4) is 23.0 Å². The first-order valence-electron chi connectivity index (χ1n) is 34.9. The van der Waals surface area contributed by atoms with Crippen LogP contribution in [-0.4, -0.2) is 245 Å². The van der Waals surface area contributed by atoms with E-state index in [4.69, 9.17) is 56.8 Å². The average molecular weight is 1410 g/mol. The van der Waals surface area contributed by atoms with Crippen LogP contribution in [0.5, 0.6) is 23.0 Å². The number of hydrogen-bond acceptors (Lipinski definition) is 21. The predicted molar refractivity (Wildman–Crippen MR) is 369 cm³/mol. The Bertz CT molecular complexity index is 3400. The van der Waals surface area contributed by atoms with E-state index in [0.29, 0.717) is 184 Å². The van der Waals surface area contributed by atoms with Crippen molar-refractivity contribution in [1.29, 1.82) is 0 Å². The first-order valence-corrected chi connectivity index (χ1v) is 34.9. The largest absolute Gasteiger partial charge is 0.493 e. The monoisotopic (exact) mass is 1410 g/mol. The molecular formula is C72H98N9O20+. The van der Waals surface area contributed by atoms with E-state index in [1.807, 2.05) is 35.4 Å². The Kier molecular flexibility index (Phi) is 30.1. The summed E-state index contributed by atoms with van der Waals surface area (Å²) in [5.74, 6) is -0.307. The number of hydrogen-bond donors (Lipinski definition) is 6. The Morgan fingerprint density at radius 3 is 1.69 bits per heavy atom. The summed E-state index contributed by atoms with van der Waals surface area (Å²) < 4.78 is 67.9. The van der Waals surface area contributed by atoms with E-state index in [0.717, 1.165) is 33.8 Å². The van der Waals surface area contributed by atoms with Crippen LogP contribution in [0.25, 0.3) is 5.57 Å². The number of nitrogens with zero attached hydrogens (tertiary/aromatic N) is 3. The Hall–Kier alpha value is -8.52. The number of anilines is 2. The van der Waals surface area contributed by atoms with E-state index in [-0.39, 0.29) is 74.2 Å². The lowest BCUT2D eigenvalue weighted by atomic mass is 10.0. The van der Waals surface area contributed by atoms with Crippen molar-refractivity contribution in [2.24, 2.45) is 11.8 Å². The molecule has 9 rings (SSSR count). The molecule has 3 aromatic rings. The van der Waals surface area contributed by atoms with Crippen molar-refractivity contribution in [3.63, 3.8) is 0 Å². The second kappa shape index (κ2) is 39.6. The summed E-state index contributed by atoms with van der Waals surface area (Å²) in [6.07, 6.45) is 10.8. The van der Waals surface area contributed by atoms with Gasteiger partial charge in [0.15, 0.2) is 23.0 Å². The van der Waals surface area contributed by atoms with E-state index < -0.39 is 35.7 Å². The summed E-state index contributed by atoms with van der Waals surface area (Å²) >= 11 is 0. The molecule has 29 nitrogen and oxygen atoms in total. The van der Waals surface area contributed by atoms with E-state index in [2.05, 4.69) is 38.1 Å². The van der Waals surface area contributed by atoms with E-state index in [1.54, 1.807) is 64.2 Å². The molecule has 3 aromatic carbocycles. The zero-order valence-electron chi connectivity index (χ0n) is 58.5. The Morgan fingerprint density at radius 1 is 0.574 bits per heavy atom. The molecular weight excluding hydrogens is 1310 g/mol. The maximum Gasteiger partial charge on any atom is 0.264 e. The highest BCUT2D eigenvalue weighted by atomic mass is 16.6. The molecule has 0 radical (unpaired) electrons. The Balaban J connectivity index is 0.569. The summed E-state index contributed by atoms with van der Waals surface area (Å²) in [7, 11) is 3.11. The molecule has 550 valence electrons. The first kappa shape index (κ1) is 76.7. The molecule has 1 saturated carbocycles. The van der Waals surface area contributed by atoms with Crippen LogP contribution >= 0.6 is 0 Å². The molecule has 29 heteroatoms. The molecule has 8 amide bonds. The Labute approximate surface area is 588 Å². The Morgan fingerprint density at radius 2 is 1.12 bits per heavy atom. The van der Waals surface area contributed by atoms with Gasteiger partial charge in [-0.15, -0.1) is 0 Å². The normalized spacial score (nSPS) is 17.4. The van der Waals surface area contributed by atoms with Crippen LogP contribution in [0.15, 0.2) is 78.7 Å². The third-order valence-corrected chi connectivity index (χ3v) is 17.6. The summed E-state index contributed by atoms with van der Waals surface area (Å²) in [4.78, 5) is 107. The van der Waals surface area contributed by atoms with E-state index in [9.17, 15) is 38.4 Å². The molecule has 1 fully saturated rings. The number of nitrogens with one attached hydrogen (secondary N) is 5. The van der Waals surface area contributed by atoms with Gasteiger partial charge in [0.05, 0.1) is 156 Å². The van der Waals surface area contributed by atoms with Crippen LogP contribution in [0, 0.1) is 11.8 Å². The number of quaternary nitrogens is 1. The van der Waals surface area contributed by atoms with Gasteiger partial charge >= 0.3 is 0 Å². The van der Waals surface area contributed by atoms with Crippen LogP contribution < -0.4 is 50.8 Å². The minimum Gasteiger partial charge on any atom is -0.493 e. The lowest BCUT2D eigenvalue weighted by Gasteiger charge is -2.24. The number of rotatable bonds is 46. The summed E-state index contributed by atoms with van der Waals surface area (Å²) in [6, 6.07) is 12.7. The summed E-state index contributed by atoms with van der Waals surface area (Å²) in [5, 5.41) is 16.6. The molecule has 4 unspecified atom stereocenters. The van der Waals surface area contributed by atoms with Crippen LogP contribution in [0.4, 0.5) is 17.1 Å². The average Bonchev–Trinajstić information content (AvgIpc) is 1.69. The molecule has 1 aliphatic carbocycles. The standard InChI is InChI=1S/C72H97N9O20/c1-47(2)68(78-65(83)16-21-92-23-25-94-27-29-96-31-33-98-35-36-99-34-32-97-30-28-95-26-24-93-22-17-73-64(82)15-18-79-66(84)13-14-67(79)85)70(87)76-48(3)69(86)77-53-11-9-50(10-12-53)52-38-55-44-75-59-42-63(61(91-5)40-57(59)72(89)81(55)46-52)101-20-6-19-100-62-41-58-56(39-60(62)90-4)71(88)80-45-51(49-7-8-49)37-54(80)43-74-58/h9-14,39-42,45-49,54-55,68,74-75H,6-8,15-38,43-44H2,1-5H3,(H,73,82)(H,76,87)(H,77,86)(H,78,83)/p+1.